The third-order valence-electron chi connectivity index (χ3n) is 5.07. The van der Waals surface area contributed by atoms with Gasteiger partial charge in [0.25, 0.3) is 5.91 Å². The third-order valence-corrected chi connectivity index (χ3v) is 5.07. The number of benzene rings is 2. The third kappa shape index (κ3) is 3.60. The molecule has 0 bridgehead atoms. The molecule has 0 radical (unpaired) electrons. The topological polar surface area (TPSA) is 58.1 Å². The maximum absolute atomic E-state index is 13.2. The summed E-state index contributed by atoms with van der Waals surface area (Å²) in [5.74, 6) is 0.365. The lowest BCUT2D eigenvalue weighted by Crippen LogP contribution is -2.36. The van der Waals surface area contributed by atoms with Crippen LogP contribution in [0, 0.1) is 20.8 Å². The Kier molecular flexibility index (Phi) is 4.82. The molecule has 0 unspecified atom stereocenters. The Morgan fingerprint density at radius 3 is 2.71 bits per heavy atom. The van der Waals surface area contributed by atoms with Gasteiger partial charge in [-0.15, -0.1) is 0 Å². The highest BCUT2D eigenvalue weighted by molar-refractivity contribution is 6.05. The molecule has 0 fully saturated rings. The van der Waals surface area contributed by atoms with Crippen LogP contribution in [0.25, 0.3) is 0 Å². The first kappa shape index (κ1) is 18.2. The van der Waals surface area contributed by atoms with E-state index in [-0.39, 0.29) is 5.91 Å². The van der Waals surface area contributed by atoms with Gasteiger partial charge in [0, 0.05) is 23.6 Å². The molecule has 2 aromatic carbocycles. The fourth-order valence-corrected chi connectivity index (χ4v) is 3.61. The van der Waals surface area contributed by atoms with E-state index in [1.54, 1.807) is 6.07 Å². The van der Waals surface area contributed by atoms with Crippen LogP contribution < -0.4 is 10.2 Å². The van der Waals surface area contributed by atoms with Gasteiger partial charge in [-0.2, -0.15) is 0 Å². The van der Waals surface area contributed by atoms with Gasteiger partial charge in [0.05, 0.1) is 0 Å². The summed E-state index contributed by atoms with van der Waals surface area (Å²) in [6.45, 7) is 6.67. The maximum atomic E-state index is 13.2. The number of nitrogens with zero attached hydrogens (tertiary/aromatic N) is 3. The Hall–Kier alpha value is -3.21. The van der Waals surface area contributed by atoms with E-state index < -0.39 is 0 Å². The van der Waals surface area contributed by atoms with E-state index >= 15 is 0 Å². The molecule has 1 aliphatic heterocycles. The van der Waals surface area contributed by atoms with Crippen molar-refractivity contribution in [3.05, 3.63) is 76.6 Å². The second kappa shape index (κ2) is 7.43. The highest BCUT2D eigenvalue weighted by atomic mass is 16.2. The fourth-order valence-electron chi connectivity index (χ4n) is 3.61. The lowest BCUT2D eigenvalue weighted by atomic mass is 10.0. The van der Waals surface area contributed by atoms with Crippen LogP contribution in [0.1, 0.15) is 39.3 Å². The summed E-state index contributed by atoms with van der Waals surface area (Å²) in [6, 6.07) is 16.0. The molecule has 1 N–H and O–H groups in total. The number of hydrogen-bond acceptors (Lipinski definition) is 4. The van der Waals surface area contributed by atoms with Crippen molar-refractivity contribution in [3.8, 4) is 0 Å². The summed E-state index contributed by atoms with van der Waals surface area (Å²) in [7, 11) is 0. The number of carbonyl (C=O) groups excluding carboxylic acids is 1. The minimum absolute atomic E-state index is 0.0818. The minimum atomic E-state index is -0.0818. The SMILES string of the molecule is Cc1ccc(C)c(Nc2nc(C)cc(C(=O)N3CCCc4ccccc43)n2)c1. The summed E-state index contributed by atoms with van der Waals surface area (Å²) in [6.07, 6.45) is 1.96. The highest BCUT2D eigenvalue weighted by Crippen LogP contribution is 2.28. The molecule has 1 aromatic heterocycles. The van der Waals surface area contributed by atoms with Crippen LogP contribution in [-0.2, 0) is 6.42 Å². The number of aromatic nitrogens is 2. The number of anilines is 3. The Morgan fingerprint density at radius 1 is 1.04 bits per heavy atom. The molecule has 1 aliphatic rings. The van der Waals surface area contributed by atoms with E-state index in [0.29, 0.717) is 18.2 Å². The van der Waals surface area contributed by atoms with E-state index in [0.717, 1.165) is 41.0 Å². The quantitative estimate of drug-likeness (QED) is 0.721. The van der Waals surface area contributed by atoms with Gasteiger partial charge in [-0.25, -0.2) is 9.97 Å². The van der Waals surface area contributed by atoms with Crippen molar-refractivity contribution in [3.63, 3.8) is 0 Å². The zero-order valence-electron chi connectivity index (χ0n) is 16.5. The van der Waals surface area contributed by atoms with Crippen molar-refractivity contribution in [2.75, 3.05) is 16.8 Å². The monoisotopic (exact) mass is 372 g/mol. The predicted octanol–water partition coefficient (Wildman–Crippen LogP) is 4.74. The van der Waals surface area contributed by atoms with Gasteiger partial charge in [0.2, 0.25) is 5.95 Å². The second-order valence-electron chi connectivity index (χ2n) is 7.35. The van der Waals surface area contributed by atoms with Crippen molar-refractivity contribution in [2.45, 2.75) is 33.6 Å². The zero-order valence-corrected chi connectivity index (χ0v) is 16.5. The molecule has 5 nitrogen and oxygen atoms in total. The molecule has 3 aromatic rings. The molecule has 142 valence electrons. The first-order chi connectivity index (χ1) is 13.5. The molecule has 0 spiro atoms. The van der Waals surface area contributed by atoms with Gasteiger partial charge >= 0.3 is 0 Å². The number of fused-ring (bicyclic) bond motifs is 1. The molecule has 0 atom stereocenters. The van der Waals surface area contributed by atoms with Crippen LogP contribution in [0.15, 0.2) is 48.5 Å². The van der Waals surface area contributed by atoms with Gasteiger partial charge in [0.1, 0.15) is 5.69 Å². The fraction of sp³-hybridized carbons (Fsp3) is 0.261. The molecule has 28 heavy (non-hydrogen) atoms. The second-order valence-corrected chi connectivity index (χ2v) is 7.35. The van der Waals surface area contributed by atoms with Crippen molar-refractivity contribution < 1.29 is 4.79 Å². The summed E-state index contributed by atoms with van der Waals surface area (Å²) in [5, 5.41) is 3.28. The molecular weight excluding hydrogens is 348 g/mol. The van der Waals surface area contributed by atoms with Gasteiger partial charge in [-0.1, -0.05) is 30.3 Å². The summed E-state index contributed by atoms with van der Waals surface area (Å²) in [5.41, 5.74) is 6.58. The minimum Gasteiger partial charge on any atom is -0.324 e. The molecular formula is C23H24N4O. The van der Waals surface area contributed by atoms with E-state index in [1.807, 2.05) is 43.9 Å². The summed E-state index contributed by atoms with van der Waals surface area (Å²) >= 11 is 0. The van der Waals surface area contributed by atoms with Crippen LogP contribution in [0.3, 0.4) is 0 Å². The molecule has 1 amide bonds. The van der Waals surface area contributed by atoms with E-state index in [1.165, 1.54) is 5.56 Å². The van der Waals surface area contributed by atoms with Crippen molar-refractivity contribution in [1.29, 1.82) is 0 Å². The van der Waals surface area contributed by atoms with E-state index in [9.17, 15) is 4.79 Å². The summed E-state index contributed by atoms with van der Waals surface area (Å²) < 4.78 is 0. The number of hydrogen-bond donors (Lipinski definition) is 1. The average Bonchev–Trinajstić information content (AvgIpc) is 2.69. The van der Waals surface area contributed by atoms with E-state index in [4.69, 9.17) is 0 Å². The highest BCUT2D eigenvalue weighted by Gasteiger charge is 2.24. The van der Waals surface area contributed by atoms with Crippen LogP contribution in [0.2, 0.25) is 0 Å². The molecule has 0 saturated heterocycles. The molecule has 0 saturated carbocycles. The summed E-state index contributed by atoms with van der Waals surface area (Å²) in [4.78, 5) is 24.1. The van der Waals surface area contributed by atoms with Crippen molar-refractivity contribution in [1.82, 2.24) is 9.97 Å². The number of rotatable bonds is 3. The molecule has 0 aliphatic carbocycles. The Balaban J connectivity index is 1.66. The average molecular weight is 372 g/mol. The lowest BCUT2D eigenvalue weighted by Gasteiger charge is -2.29. The van der Waals surface area contributed by atoms with Gasteiger partial charge in [-0.05, 0) is 68.5 Å². The molecule has 5 heteroatoms. The molecule has 2 heterocycles. The van der Waals surface area contributed by atoms with Crippen LogP contribution >= 0.6 is 0 Å². The predicted molar refractivity (Wildman–Crippen MR) is 112 cm³/mol. The Labute approximate surface area is 165 Å². The van der Waals surface area contributed by atoms with E-state index in [2.05, 4.69) is 39.6 Å². The van der Waals surface area contributed by atoms with Crippen molar-refractivity contribution in [2.24, 2.45) is 0 Å². The normalized spacial score (nSPS) is 13.2. The van der Waals surface area contributed by atoms with Gasteiger partial charge < -0.3 is 10.2 Å². The standard InChI is InChI=1S/C23H24N4O/c1-15-10-11-16(2)19(13-15)25-23-24-17(3)14-20(26-23)22(28)27-12-6-8-18-7-4-5-9-21(18)27/h4-5,7,9-11,13-14H,6,8,12H2,1-3H3,(H,24,25,26). The van der Waals surface area contributed by atoms with Gasteiger partial charge in [0.15, 0.2) is 0 Å². The van der Waals surface area contributed by atoms with Crippen LogP contribution in [0.4, 0.5) is 17.3 Å². The van der Waals surface area contributed by atoms with Crippen LogP contribution in [0.5, 0.6) is 0 Å². The van der Waals surface area contributed by atoms with Gasteiger partial charge in [-0.3, -0.25) is 4.79 Å². The number of carbonyl (C=O) groups is 1. The molecule has 4 rings (SSSR count). The number of nitrogens with one attached hydrogen (secondary N) is 1. The number of aryl methyl sites for hydroxylation is 4. The number of amides is 1. The lowest BCUT2D eigenvalue weighted by molar-refractivity contribution is 0.0980. The largest absolute Gasteiger partial charge is 0.324 e. The maximum Gasteiger partial charge on any atom is 0.277 e. The van der Waals surface area contributed by atoms with Crippen LogP contribution in [-0.4, -0.2) is 22.4 Å². The Bertz CT molecular complexity index is 1040. The van der Waals surface area contributed by atoms with Crippen molar-refractivity contribution >= 4 is 23.2 Å². The number of para-hydroxylation sites is 1. The first-order valence-electron chi connectivity index (χ1n) is 9.61. The first-order valence-corrected chi connectivity index (χ1v) is 9.61. The Morgan fingerprint density at radius 2 is 1.86 bits per heavy atom. The zero-order chi connectivity index (χ0) is 19.7. The smallest absolute Gasteiger partial charge is 0.277 e.